The van der Waals surface area contributed by atoms with Gasteiger partial charge in [-0.1, -0.05) is 83.7 Å². The molecule has 0 spiro atoms. The maximum atomic E-state index is 11.7. The zero-order valence-electron chi connectivity index (χ0n) is 19.7. The number of amides is 1. The summed E-state index contributed by atoms with van der Waals surface area (Å²) in [5, 5.41) is 8.59. The number of rotatable bonds is 14. The van der Waals surface area contributed by atoms with Crippen LogP contribution in [0.1, 0.15) is 79.1 Å². The molecule has 0 aliphatic rings. The Hall–Kier alpha value is 1.93. The van der Waals surface area contributed by atoms with E-state index in [0.29, 0.717) is 18.6 Å². The molecule has 154 valence electrons. The van der Waals surface area contributed by atoms with E-state index in [1.165, 1.54) is 0 Å². The smallest absolute Gasteiger partial charge is 0.662 e. The Morgan fingerprint density at radius 2 is 1.31 bits per heavy atom. The van der Waals surface area contributed by atoms with Crippen molar-refractivity contribution in [3.8, 4) is 0 Å². The van der Waals surface area contributed by atoms with Gasteiger partial charge in [0.05, 0.1) is 5.91 Å². The first-order valence-electron chi connectivity index (χ1n) is 10.5. The van der Waals surface area contributed by atoms with Gasteiger partial charge in [0.2, 0.25) is 0 Å². The number of unbranched alkanes of at least 4 members (excludes halogenated alkanes) is 4. The Morgan fingerprint density at radius 3 is 1.83 bits per heavy atom. The van der Waals surface area contributed by atoms with Crippen LogP contribution >= 0.6 is 0 Å². The number of benzene rings is 1. The first kappa shape index (κ1) is 35.5. The van der Waals surface area contributed by atoms with E-state index in [4.69, 9.17) is 0 Å². The van der Waals surface area contributed by atoms with Crippen LogP contribution in [0.3, 0.4) is 0 Å². The summed E-state index contributed by atoms with van der Waals surface area (Å²) in [6.07, 6.45) is 7.28. The van der Waals surface area contributed by atoms with E-state index in [0.717, 1.165) is 57.3 Å². The van der Waals surface area contributed by atoms with Crippen LogP contribution in [-0.4, -0.2) is 24.8 Å². The number of Topliss-reactive ketones (excluding diaryl/α,β-unsaturated/α-hetero) is 1. The molecule has 1 aromatic carbocycles. The fourth-order valence-corrected chi connectivity index (χ4v) is 2.48. The summed E-state index contributed by atoms with van der Waals surface area (Å²) in [6, 6.07) is 9.37. The molecule has 0 radical (unpaired) electrons. The Balaban J connectivity index is -0.00000163. The minimum Gasteiger partial charge on any atom is -0.662 e. The molecule has 1 amide bonds. The molecule has 0 heterocycles. The normalized spacial score (nSPS) is 9.55. The predicted octanol–water partition coefficient (Wildman–Crippen LogP) is 0.972. The van der Waals surface area contributed by atoms with Crippen molar-refractivity contribution in [1.82, 2.24) is 0 Å². The van der Waals surface area contributed by atoms with Crippen LogP contribution in [0.5, 0.6) is 0 Å². The van der Waals surface area contributed by atoms with Crippen LogP contribution < -0.4 is 116 Å². The average Bonchev–Trinajstić information content (AvgIpc) is 2.68. The molecule has 1 aromatic rings. The van der Waals surface area contributed by atoms with Crippen LogP contribution in [0, 0.1) is 5.92 Å². The van der Waals surface area contributed by atoms with Gasteiger partial charge in [-0.05, 0) is 19.3 Å². The van der Waals surface area contributed by atoms with Gasteiger partial charge in [0.25, 0.3) is 0 Å². The minimum absolute atomic E-state index is 0. The first-order valence-corrected chi connectivity index (χ1v) is 10.5. The van der Waals surface area contributed by atoms with Crippen molar-refractivity contribution in [3.05, 3.63) is 41.0 Å². The zero-order valence-corrected chi connectivity index (χ0v) is 29.6. The van der Waals surface area contributed by atoms with Crippen LogP contribution in [0.15, 0.2) is 30.3 Å². The molecule has 4 nitrogen and oxygen atoms in total. The topological polar surface area (TPSA) is 62.3 Å². The Kier molecular flexibility index (Phi) is 32.1. The first-order chi connectivity index (χ1) is 13.1. The number of carbonyl (C=O) groups excluding carboxylic acids is 2. The molecule has 0 aliphatic heterocycles. The number of para-hydroxylation sites is 1. The van der Waals surface area contributed by atoms with Gasteiger partial charge >= 0.3 is 116 Å². The van der Waals surface area contributed by atoms with Gasteiger partial charge in [0.1, 0.15) is 5.78 Å². The van der Waals surface area contributed by atoms with Crippen molar-refractivity contribution >= 4 is 17.4 Å². The molecule has 0 aromatic heterocycles. The standard InChI is InChI=1S/C21H33N2O2.C2H6.2Rb/c1-18(2)20(24)14-8-4-10-16-22-17-11-5-9-15-21(25)23-19-12-6-3-7-13-19;1-2;;/h3,6-7,12-13,18H,4-5,8-11,14-17H2,1-2H3,(H,23,25);1-2H3;;/q-1;;2*+1/p-1. The van der Waals surface area contributed by atoms with Crippen LogP contribution in [0.25, 0.3) is 10.6 Å². The summed E-state index contributed by atoms with van der Waals surface area (Å²) in [7, 11) is 0. The van der Waals surface area contributed by atoms with Gasteiger partial charge in [-0.15, -0.1) is 18.8 Å². The molecule has 0 bridgehead atoms. The Morgan fingerprint density at radius 1 is 0.793 bits per heavy atom. The van der Waals surface area contributed by atoms with E-state index in [9.17, 15) is 9.59 Å². The van der Waals surface area contributed by atoms with Crippen molar-refractivity contribution < 1.29 is 126 Å². The number of nitrogens with zero attached hydrogens (tertiary/aromatic N) is 2. The molecule has 0 saturated heterocycles. The summed E-state index contributed by atoms with van der Waals surface area (Å²) >= 11 is 0. The molecule has 1 rings (SSSR count). The third-order valence-corrected chi connectivity index (χ3v) is 4.10. The molecule has 0 unspecified atom stereocenters. The minimum atomic E-state index is -0.0425. The summed E-state index contributed by atoms with van der Waals surface area (Å²) in [5.41, 5.74) is 0.734. The molecule has 0 aliphatic carbocycles. The monoisotopic (exact) mass is 544 g/mol. The molecule has 0 saturated carbocycles. The third-order valence-electron chi connectivity index (χ3n) is 4.10. The second-order valence-corrected chi connectivity index (χ2v) is 6.75. The number of hydrogen-bond acceptors (Lipinski definition) is 2. The second kappa shape index (κ2) is 26.2. The molecule has 0 fully saturated rings. The van der Waals surface area contributed by atoms with Crippen LogP contribution in [-0.2, 0) is 9.59 Å². The van der Waals surface area contributed by atoms with Gasteiger partial charge in [-0.25, -0.2) is 0 Å². The SMILES string of the molecule is CC.CC(C)C(=O)CCCCC[N-]CCCCCC(=O)[N-]c1ccccc1.[Rb+].[Rb+]. The summed E-state index contributed by atoms with van der Waals surface area (Å²) in [6.45, 7) is 9.68. The summed E-state index contributed by atoms with van der Waals surface area (Å²) in [4.78, 5) is 23.2. The van der Waals surface area contributed by atoms with Crippen LogP contribution in [0.4, 0.5) is 5.69 Å². The number of hydrogen-bond donors (Lipinski definition) is 0. The van der Waals surface area contributed by atoms with E-state index >= 15 is 0 Å². The van der Waals surface area contributed by atoms with Crippen molar-refractivity contribution in [3.63, 3.8) is 0 Å². The second-order valence-electron chi connectivity index (χ2n) is 6.75. The molecular formula is C23H38N2O2Rb2. The predicted molar refractivity (Wildman–Crippen MR) is 116 cm³/mol. The summed E-state index contributed by atoms with van der Waals surface area (Å²) in [5.74, 6) is 0.488. The average molecular weight is 546 g/mol. The van der Waals surface area contributed by atoms with E-state index in [1.807, 2.05) is 58.0 Å². The van der Waals surface area contributed by atoms with Crippen LogP contribution in [0.2, 0.25) is 0 Å². The number of ketones is 1. The Labute approximate surface area is 277 Å². The fourth-order valence-electron chi connectivity index (χ4n) is 2.48. The van der Waals surface area contributed by atoms with E-state index in [-0.39, 0.29) is 128 Å². The van der Waals surface area contributed by atoms with E-state index in [1.54, 1.807) is 0 Å². The van der Waals surface area contributed by atoms with Crippen molar-refractivity contribution in [2.75, 3.05) is 13.1 Å². The fraction of sp³-hybridized carbons (Fsp3) is 0.652. The molecule has 0 atom stereocenters. The van der Waals surface area contributed by atoms with Crippen molar-refractivity contribution in [1.29, 1.82) is 0 Å². The van der Waals surface area contributed by atoms with Gasteiger partial charge in [-0.3, -0.25) is 4.79 Å². The molecule has 0 N–H and O–H groups in total. The van der Waals surface area contributed by atoms with Gasteiger partial charge in [-0.2, -0.15) is 0 Å². The summed E-state index contributed by atoms with van der Waals surface area (Å²) < 4.78 is 0. The molecular weight excluding hydrogens is 507 g/mol. The molecule has 6 heteroatoms. The zero-order chi connectivity index (χ0) is 20.3. The molecule has 29 heavy (non-hydrogen) atoms. The maximum Gasteiger partial charge on any atom is 1.00 e. The Bertz CT molecular complexity index is 497. The number of carbonyl (C=O) groups is 2. The van der Waals surface area contributed by atoms with E-state index < -0.39 is 0 Å². The maximum absolute atomic E-state index is 11.7. The van der Waals surface area contributed by atoms with Crippen molar-refractivity contribution in [2.24, 2.45) is 5.92 Å². The van der Waals surface area contributed by atoms with Gasteiger partial charge in [0, 0.05) is 12.3 Å². The van der Waals surface area contributed by atoms with Gasteiger partial charge < -0.3 is 15.4 Å². The van der Waals surface area contributed by atoms with E-state index in [2.05, 4.69) is 10.6 Å². The third kappa shape index (κ3) is 22.9. The largest absolute Gasteiger partial charge is 1.00 e. The van der Waals surface area contributed by atoms with Gasteiger partial charge in [0.15, 0.2) is 0 Å². The van der Waals surface area contributed by atoms with Crippen molar-refractivity contribution in [2.45, 2.75) is 79.1 Å². The quantitative estimate of drug-likeness (QED) is 0.328.